The van der Waals surface area contributed by atoms with Crippen LogP contribution in [0, 0.1) is 0 Å². The summed E-state index contributed by atoms with van der Waals surface area (Å²) < 4.78 is 24.3. The number of carbonyl (C=O) groups is 1. The van der Waals surface area contributed by atoms with Gasteiger partial charge in [-0.1, -0.05) is 0 Å². The van der Waals surface area contributed by atoms with Gasteiger partial charge in [0, 0.05) is 4.88 Å². The summed E-state index contributed by atoms with van der Waals surface area (Å²) in [6.45, 7) is -1.43. The fraction of sp³-hybridized carbons (Fsp3) is 0.375. The van der Waals surface area contributed by atoms with Crippen LogP contribution in [-0.2, 0) is 0 Å². The summed E-state index contributed by atoms with van der Waals surface area (Å²) >= 11 is 1.14. The van der Waals surface area contributed by atoms with Crippen molar-refractivity contribution in [3.63, 3.8) is 0 Å². The lowest BCUT2D eigenvalue weighted by Crippen LogP contribution is -2.00. The van der Waals surface area contributed by atoms with Crippen molar-refractivity contribution in [1.29, 1.82) is 0 Å². The minimum atomic E-state index is -0.713. The van der Waals surface area contributed by atoms with Gasteiger partial charge in [0.25, 0.3) is 0 Å². The molecule has 12 heavy (non-hydrogen) atoms. The van der Waals surface area contributed by atoms with Gasteiger partial charge in [-0.3, -0.25) is 13.6 Å². The highest BCUT2D eigenvalue weighted by atomic mass is 32.1. The number of aldehydes is 1. The summed E-state index contributed by atoms with van der Waals surface area (Å²) in [7, 11) is 0. The topological polar surface area (TPSA) is 17.1 Å². The van der Waals surface area contributed by atoms with Crippen molar-refractivity contribution in [2.24, 2.45) is 0 Å². The molecule has 0 amide bonds. The van der Waals surface area contributed by atoms with E-state index in [0.29, 0.717) is 16.0 Å². The molecule has 0 aliphatic carbocycles. The maximum atomic E-state index is 12.1. The third-order valence-electron chi connectivity index (χ3n) is 1.54. The molecular weight excluding hydrogens is 182 g/mol. The van der Waals surface area contributed by atoms with Crippen LogP contribution in [0.25, 0.3) is 0 Å². The Bertz CT molecular complexity index is 255. The highest BCUT2D eigenvalue weighted by molar-refractivity contribution is 7.13. The summed E-state index contributed by atoms with van der Waals surface area (Å²) in [6.07, 6.45) is 0.682. The Labute approximate surface area is 73.0 Å². The lowest BCUT2D eigenvalue weighted by Gasteiger charge is -2.03. The second-order valence-corrected chi connectivity index (χ2v) is 3.51. The maximum Gasteiger partial charge on any atom is 0.160 e. The van der Waals surface area contributed by atoms with Gasteiger partial charge in [-0.05, 0) is 12.1 Å². The Morgan fingerprint density at radius 3 is 2.50 bits per heavy atom. The van der Waals surface area contributed by atoms with E-state index in [1.165, 1.54) is 0 Å². The molecule has 0 saturated carbocycles. The SMILES string of the molecule is O=Cc1ccc(C(CF)CF)s1. The molecule has 4 heteroatoms. The molecule has 1 aromatic heterocycles. The second kappa shape index (κ2) is 4.30. The molecule has 0 unspecified atom stereocenters. The van der Waals surface area contributed by atoms with Crippen molar-refractivity contribution in [2.75, 3.05) is 13.3 Å². The van der Waals surface area contributed by atoms with Crippen LogP contribution < -0.4 is 0 Å². The van der Waals surface area contributed by atoms with E-state index in [1.54, 1.807) is 12.1 Å². The van der Waals surface area contributed by atoms with Gasteiger partial charge in [-0.2, -0.15) is 0 Å². The fourth-order valence-electron chi connectivity index (χ4n) is 0.844. The minimum Gasteiger partial charge on any atom is -0.297 e. The van der Waals surface area contributed by atoms with E-state index >= 15 is 0 Å². The number of alkyl halides is 2. The summed E-state index contributed by atoms with van der Waals surface area (Å²) in [5.41, 5.74) is 0. The number of halogens is 2. The Morgan fingerprint density at radius 1 is 1.42 bits per heavy atom. The molecule has 66 valence electrons. The molecule has 0 bridgehead atoms. The zero-order valence-corrected chi connectivity index (χ0v) is 7.11. The van der Waals surface area contributed by atoms with Crippen molar-refractivity contribution in [3.8, 4) is 0 Å². The fourth-order valence-corrected chi connectivity index (χ4v) is 1.73. The molecule has 1 rings (SSSR count). The molecule has 0 aliphatic heterocycles. The Hall–Kier alpha value is -0.770. The van der Waals surface area contributed by atoms with E-state index in [1.807, 2.05) is 0 Å². The van der Waals surface area contributed by atoms with Crippen molar-refractivity contribution >= 4 is 17.6 Å². The number of carbonyl (C=O) groups excluding carboxylic acids is 1. The quantitative estimate of drug-likeness (QED) is 0.667. The molecule has 0 aromatic carbocycles. The first-order valence-electron chi connectivity index (χ1n) is 3.48. The molecule has 1 aromatic rings. The van der Waals surface area contributed by atoms with Crippen molar-refractivity contribution in [3.05, 3.63) is 21.9 Å². The summed E-state index contributed by atoms with van der Waals surface area (Å²) in [4.78, 5) is 11.4. The number of hydrogen-bond donors (Lipinski definition) is 0. The van der Waals surface area contributed by atoms with E-state index in [4.69, 9.17) is 0 Å². The summed E-state index contributed by atoms with van der Waals surface area (Å²) in [5, 5.41) is 0. The minimum absolute atomic E-state index is 0.511. The molecule has 0 aliphatic rings. The highest BCUT2D eigenvalue weighted by Gasteiger charge is 2.12. The van der Waals surface area contributed by atoms with Crippen molar-refractivity contribution in [1.82, 2.24) is 0 Å². The van der Waals surface area contributed by atoms with Crippen molar-refractivity contribution in [2.45, 2.75) is 5.92 Å². The van der Waals surface area contributed by atoms with Gasteiger partial charge >= 0.3 is 0 Å². The highest BCUT2D eigenvalue weighted by Crippen LogP contribution is 2.24. The molecule has 0 spiro atoms. The Balaban J connectivity index is 2.79. The number of hydrogen-bond acceptors (Lipinski definition) is 2. The lowest BCUT2D eigenvalue weighted by atomic mass is 10.1. The van der Waals surface area contributed by atoms with Crippen LogP contribution in [0.15, 0.2) is 12.1 Å². The van der Waals surface area contributed by atoms with Gasteiger partial charge in [-0.15, -0.1) is 11.3 Å². The van der Waals surface area contributed by atoms with E-state index in [-0.39, 0.29) is 0 Å². The van der Waals surface area contributed by atoms with Crippen LogP contribution >= 0.6 is 11.3 Å². The second-order valence-electron chi connectivity index (χ2n) is 2.36. The molecule has 0 radical (unpaired) electrons. The summed E-state index contributed by atoms with van der Waals surface area (Å²) in [6, 6.07) is 3.17. The van der Waals surface area contributed by atoms with E-state index in [9.17, 15) is 13.6 Å². The Morgan fingerprint density at radius 2 is 2.08 bits per heavy atom. The maximum absolute atomic E-state index is 12.1. The van der Waals surface area contributed by atoms with Crippen LogP contribution in [0.4, 0.5) is 8.78 Å². The zero-order chi connectivity index (χ0) is 8.97. The number of thiophene rings is 1. The first-order valence-corrected chi connectivity index (χ1v) is 4.30. The van der Waals surface area contributed by atoms with E-state index in [2.05, 4.69) is 0 Å². The van der Waals surface area contributed by atoms with Crippen LogP contribution in [0.2, 0.25) is 0 Å². The Kier molecular flexibility index (Phi) is 3.34. The first kappa shape index (κ1) is 9.32. The standard InChI is InChI=1S/C8H8F2OS/c9-3-6(4-10)8-2-1-7(5-11)12-8/h1-2,5-6H,3-4H2. The van der Waals surface area contributed by atoms with E-state index in [0.717, 1.165) is 11.3 Å². The van der Waals surface area contributed by atoms with Gasteiger partial charge in [0.15, 0.2) is 6.29 Å². The zero-order valence-electron chi connectivity index (χ0n) is 6.30. The lowest BCUT2D eigenvalue weighted by molar-refractivity contribution is 0.112. The molecule has 0 atom stereocenters. The summed E-state index contributed by atoms with van der Waals surface area (Å²) in [5.74, 6) is -0.691. The number of rotatable bonds is 4. The monoisotopic (exact) mass is 190 g/mol. The molecule has 0 N–H and O–H groups in total. The van der Waals surface area contributed by atoms with Gasteiger partial charge in [0.2, 0.25) is 0 Å². The third-order valence-corrected chi connectivity index (χ3v) is 2.71. The molecule has 0 saturated heterocycles. The molecule has 1 heterocycles. The average Bonchev–Trinajstić information content (AvgIpc) is 2.55. The molecule has 1 nitrogen and oxygen atoms in total. The molecule has 0 fully saturated rings. The van der Waals surface area contributed by atoms with Gasteiger partial charge < -0.3 is 0 Å². The van der Waals surface area contributed by atoms with E-state index < -0.39 is 19.3 Å². The smallest absolute Gasteiger partial charge is 0.160 e. The van der Waals surface area contributed by atoms with Crippen LogP contribution in [-0.4, -0.2) is 19.6 Å². The van der Waals surface area contributed by atoms with Gasteiger partial charge in [0.1, 0.15) is 0 Å². The predicted molar refractivity (Wildman–Crippen MR) is 44.4 cm³/mol. The van der Waals surface area contributed by atoms with Gasteiger partial charge in [-0.25, -0.2) is 0 Å². The largest absolute Gasteiger partial charge is 0.297 e. The van der Waals surface area contributed by atoms with Crippen LogP contribution in [0.5, 0.6) is 0 Å². The predicted octanol–water partition coefficient (Wildman–Crippen LogP) is 2.58. The van der Waals surface area contributed by atoms with Gasteiger partial charge in [0.05, 0.1) is 24.1 Å². The molecular formula is C8H8F2OS. The van der Waals surface area contributed by atoms with Crippen molar-refractivity contribution < 1.29 is 13.6 Å². The average molecular weight is 190 g/mol. The first-order chi connectivity index (χ1) is 5.81. The van der Waals surface area contributed by atoms with Crippen LogP contribution in [0.1, 0.15) is 20.5 Å². The van der Waals surface area contributed by atoms with Crippen LogP contribution in [0.3, 0.4) is 0 Å². The normalized spacial score (nSPS) is 10.6. The third kappa shape index (κ3) is 1.88.